The Labute approximate surface area is 105 Å². The van der Waals surface area contributed by atoms with Crippen molar-refractivity contribution in [3.8, 4) is 5.75 Å². The number of benzene rings is 1. The predicted octanol–water partition coefficient (Wildman–Crippen LogP) is 2.79. The Morgan fingerprint density at radius 3 is 2.88 bits per heavy atom. The molecule has 0 spiro atoms. The van der Waals surface area contributed by atoms with Gasteiger partial charge in [-0.25, -0.2) is 0 Å². The summed E-state index contributed by atoms with van der Waals surface area (Å²) in [5.41, 5.74) is 7.99. The van der Waals surface area contributed by atoms with Gasteiger partial charge in [-0.15, -0.1) is 0 Å². The highest BCUT2D eigenvalue weighted by Gasteiger charge is 2.12. The molecule has 2 aromatic rings. The van der Waals surface area contributed by atoms with Crippen LogP contribution in [0.5, 0.6) is 5.75 Å². The van der Waals surface area contributed by atoms with Crippen molar-refractivity contribution < 1.29 is 4.74 Å². The number of ether oxygens (including phenoxy) is 1. The lowest BCUT2D eigenvalue weighted by atomic mass is 10.0. The van der Waals surface area contributed by atoms with Gasteiger partial charge in [-0.1, -0.05) is 23.7 Å². The van der Waals surface area contributed by atoms with Crippen molar-refractivity contribution in [2.24, 2.45) is 5.73 Å². The number of pyridine rings is 1. The molecule has 88 valence electrons. The van der Waals surface area contributed by atoms with Crippen LogP contribution in [0.4, 0.5) is 0 Å². The third kappa shape index (κ3) is 2.57. The molecule has 0 aliphatic carbocycles. The van der Waals surface area contributed by atoms with Gasteiger partial charge in [-0.2, -0.15) is 0 Å². The van der Waals surface area contributed by atoms with E-state index in [-0.39, 0.29) is 6.04 Å². The zero-order valence-corrected chi connectivity index (χ0v) is 10.2. The van der Waals surface area contributed by atoms with Gasteiger partial charge >= 0.3 is 0 Å². The number of hydrogen-bond donors (Lipinski definition) is 1. The lowest BCUT2D eigenvalue weighted by Crippen LogP contribution is -2.12. The first-order valence-corrected chi connectivity index (χ1v) is 5.59. The molecule has 2 rings (SSSR count). The van der Waals surface area contributed by atoms with Crippen molar-refractivity contribution in [2.45, 2.75) is 6.04 Å². The maximum Gasteiger partial charge on any atom is 0.119 e. The van der Waals surface area contributed by atoms with Crippen molar-refractivity contribution in [2.75, 3.05) is 7.11 Å². The fourth-order valence-corrected chi connectivity index (χ4v) is 1.89. The number of aromatic nitrogens is 1. The minimum Gasteiger partial charge on any atom is -0.497 e. The minimum absolute atomic E-state index is 0.277. The zero-order valence-electron chi connectivity index (χ0n) is 9.43. The van der Waals surface area contributed by atoms with Crippen LogP contribution in [0.3, 0.4) is 0 Å². The Morgan fingerprint density at radius 1 is 1.35 bits per heavy atom. The monoisotopic (exact) mass is 248 g/mol. The fourth-order valence-electron chi connectivity index (χ4n) is 1.65. The van der Waals surface area contributed by atoms with E-state index in [0.717, 1.165) is 16.9 Å². The Balaban J connectivity index is 2.37. The summed E-state index contributed by atoms with van der Waals surface area (Å²) < 4.78 is 5.17. The summed E-state index contributed by atoms with van der Waals surface area (Å²) in [5.74, 6) is 0.781. The van der Waals surface area contributed by atoms with Crippen LogP contribution in [0.15, 0.2) is 42.7 Å². The molecule has 0 saturated heterocycles. The van der Waals surface area contributed by atoms with Gasteiger partial charge in [-0.3, -0.25) is 4.98 Å². The Hall–Kier alpha value is -1.58. The molecule has 0 bridgehead atoms. The summed E-state index contributed by atoms with van der Waals surface area (Å²) in [6.07, 6.45) is 3.28. The van der Waals surface area contributed by atoms with E-state index in [1.165, 1.54) is 0 Å². The maximum absolute atomic E-state index is 6.17. The lowest BCUT2D eigenvalue weighted by Gasteiger charge is -2.14. The van der Waals surface area contributed by atoms with Crippen molar-refractivity contribution in [1.29, 1.82) is 0 Å². The Kier molecular flexibility index (Phi) is 3.61. The molecule has 1 unspecified atom stereocenters. The molecule has 2 N–H and O–H groups in total. The lowest BCUT2D eigenvalue weighted by molar-refractivity contribution is 0.414. The quantitative estimate of drug-likeness (QED) is 0.909. The van der Waals surface area contributed by atoms with E-state index in [1.807, 2.05) is 30.3 Å². The van der Waals surface area contributed by atoms with Crippen LogP contribution in [0, 0.1) is 0 Å². The van der Waals surface area contributed by atoms with Crippen LogP contribution >= 0.6 is 11.6 Å². The van der Waals surface area contributed by atoms with E-state index in [2.05, 4.69) is 4.98 Å². The number of nitrogens with two attached hydrogens (primary N) is 1. The summed E-state index contributed by atoms with van der Waals surface area (Å²) >= 11 is 6.07. The van der Waals surface area contributed by atoms with E-state index < -0.39 is 0 Å². The van der Waals surface area contributed by atoms with E-state index in [9.17, 15) is 0 Å². The normalized spacial score (nSPS) is 12.2. The van der Waals surface area contributed by atoms with E-state index >= 15 is 0 Å². The van der Waals surface area contributed by atoms with E-state index in [1.54, 1.807) is 19.5 Å². The average molecular weight is 249 g/mol. The highest BCUT2D eigenvalue weighted by Crippen LogP contribution is 2.27. The highest BCUT2D eigenvalue weighted by atomic mass is 35.5. The Bertz CT molecular complexity index is 516. The van der Waals surface area contributed by atoms with E-state index in [0.29, 0.717) is 5.02 Å². The Morgan fingerprint density at radius 2 is 2.18 bits per heavy atom. The first kappa shape index (κ1) is 11.9. The van der Waals surface area contributed by atoms with Crippen LogP contribution in [-0.2, 0) is 0 Å². The van der Waals surface area contributed by atoms with Gasteiger partial charge < -0.3 is 10.5 Å². The van der Waals surface area contributed by atoms with Crippen molar-refractivity contribution in [3.63, 3.8) is 0 Å². The smallest absolute Gasteiger partial charge is 0.119 e. The van der Waals surface area contributed by atoms with Crippen molar-refractivity contribution in [1.82, 2.24) is 4.98 Å². The molecule has 0 aliphatic rings. The van der Waals surface area contributed by atoms with Gasteiger partial charge in [0.25, 0.3) is 0 Å². The SMILES string of the molecule is COc1cccc(C(N)c2ccncc2Cl)c1. The van der Waals surface area contributed by atoms with Crippen LogP contribution in [-0.4, -0.2) is 12.1 Å². The molecule has 1 heterocycles. The van der Waals surface area contributed by atoms with Gasteiger partial charge in [0.2, 0.25) is 0 Å². The van der Waals surface area contributed by atoms with Gasteiger partial charge in [0.15, 0.2) is 0 Å². The first-order valence-electron chi connectivity index (χ1n) is 5.21. The van der Waals surface area contributed by atoms with Gasteiger partial charge in [0.1, 0.15) is 5.75 Å². The summed E-state index contributed by atoms with van der Waals surface area (Å²) in [6.45, 7) is 0. The summed E-state index contributed by atoms with van der Waals surface area (Å²) in [6, 6.07) is 9.19. The summed E-state index contributed by atoms with van der Waals surface area (Å²) in [5, 5.41) is 0.572. The zero-order chi connectivity index (χ0) is 12.3. The molecule has 1 aromatic heterocycles. The molecule has 1 aromatic carbocycles. The van der Waals surface area contributed by atoms with Crippen LogP contribution in [0.1, 0.15) is 17.2 Å². The van der Waals surface area contributed by atoms with Crippen molar-refractivity contribution in [3.05, 3.63) is 58.9 Å². The summed E-state index contributed by atoms with van der Waals surface area (Å²) in [7, 11) is 1.63. The second-order valence-corrected chi connectivity index (χ2v) is 4.06. The van der Waals surface area contributed by atoms with Gasteiger partial charge in [0, 0.05) is 12.4 Å². The first-order chi connectivity index (χ1) is 8.22. The number of hydrogen-bond acceptors (Lipinski definition) is 3. The maximum atomic E-state index is 6.17. The standard InChI is InChI=1S/C13H13ClN2O/c1-17-10-4-2-3-9(7-10)13(15)11-5-6-16-8-12(11)14/h2-8,13H,15H2,1H3. The minimum atomic E-state index is -0.277. The van der Waals surface area contributed by atoms with Crippen LogP contribution < -0.4 is 10.5 Å². The second-order valence-electron chi connectivity index (χ2n) is 3.65. The van der Waals surface area contributed by atoms with Gasteiger partial charge in [0.05, 0.1) is 18.2 Å². The molecular weight excluding hydrogens is 236 g/mol. The third-order valence-corrected chi connectivity index (χ3v) is 2.91. The largest absolute Gasteiger partial charge is 0.497 e. The van der Waals surface area contributed by atoms with Gasteiger partial charge in [-0.05, 0) is 29.3 Å². The number of rotatable bonds is 3. The molecular formula is C13H13ClN2O. The van der Waals surface area contributed by atoms with Crippen LogP contribution in [0.2, 0.25) is 5.02 Å². The average Bonchev–Trinajstić information content (AvgIpc) is 2.38. The second kappa shape index (κ2) is 5.17. The topological polar surface area (TPSA) is 48.1 Å². The molecule has 0 saturated carbocycles. The van der Waals surface area contributed by atoms with Crippen LogP contribution in [0.25, 0.3) is 0 Å². The number of methoxy groups -OCH3 is 1. The molecule has 0 fully saturated rings. The molecule has 0 radical (unpaired) electrons. The predicted molar refractivity (Wildman–Crippen MR) is 68.3 cm³/mol. The number of nitrogens with zero attached hydrogens (tertiary/aromatic N) is 1. The molecule has 0 amide bonds. The molecule has 3 nitrogen and oxygen atoms in total. The fraction of sp³-hybridized carbons (Fsp3) is 0.154. The molecule has 4 heteroatoms. The molecule has 1 atom stereocenters. The van der Waals surface area contributed by atoms with E-state index in [4.69, 9.17) is 22.1 Å². The summed E-state index contributed by atoms with van der Waals surface area (Å²) in [4.78, 5) is 3.94. The highest BCUT2D eigenvalue weighted by molar-refractivity contribution is 6.31. The third-order valence-electron chi connectivity index (χ3n) is 2.59. The van der Waals surface area contributed by atoms with Crippen molar-refractivity contribution >= 4 is 11.6 Å². The number of halogens is 1. The molecule has 0 aliphatic heterocycles. The molecule has 17 heavy (non-hydrogen) atoms.